The van der Waals surface area contributed by atoms with Gasteiger partial charge in [-0.1, -0.05) is 50.1 Å². The zero-order chi connectivity index (χ0) is 15.5. The Labute approximate surface area is 131 Å². The molecule has 1 aliphatic rings. The lowest BCUT2D eigenvalue weighted by atomic mass is 9.79. The first-order chi connectivity index (χ1) is 10.6. The van der Waals surface area contributed by atoms with E-state index in [2.05, 4.69) is 31.2 Å². The predicted octanol–water partition coefficient (Wildman–Crippen LogP) is 5.85. The van der Waals surface area contributed by atoms with Crippen LogP contribution in [0.5, 0.6) is 0 Å². The summed E-state index contributed by atoms with van der Waals surface area (Å²) in [6.07, 6.45) is 5.84. The van der Waals surface area contributed by atoms with Crippen molar-refractivity contribution in [3.05, 3.63) is 70.8 Å². The van der Waals surface area contributed by atoms with Gasteiger partial charge in [0.25, 0.3) is 0 Å². The van der Waals surface area contributed by atoms with Crippen LogP contribution >= 0.6 is 0 Å². The van der Waals surface area contributed by atoms with Gasteiger partial charge in [-0.3, -0.25) is 0 Å². The van der Waals surface area contributed by atoms with Crippen LogP contribution in [-0.4, -0.2) is 0 Å². The second-order valence-electron chi connectivity index (χ2n) is 6.62. The summed E-state index contributed by atoms with van der Waals surface area (Å²) in [6.45, 7) is 2.33. The lowest BCUT2D eigenvalue weighted by molar-refractivity contribution is 0.348. The van der Waals surface area contributed by atoms with E-state index in [0.717, 1.165) is 17.0 Å². The molecule has 0 atom stereocenters. The molecule has 2 heteroatoms. The zero-order valence-corrected chi connectivity index (χ0v) is 13.0. The Balaban J connectivity index is 1.67. The summed E-state index contributed by atoms with van der Waals surface area (Å²) >= 11 is 0. The predicted molar refractivity (Wildman–Crippen MR) is 86.0 cm³/mol. The van der Waals surface area contributed by atoms with E-state index < -0.39 is 11.6 Å². The fourth-order valence-electron chi connectivity index (χ4n) is 3.39. The van der Waals surface area contributed by atoms with Crippen LogP contribution in [0.1, 0.15) is 55.2 Å². The highest BCUT2D eigenvalue weighted by atomic mass is 19.2. The average molecular weight is 300 g/mol. The van der Waals surface area contributed by atoms with Crippen LogP contribution in [0.25, 0.3) is 0 Å². The van der Waals surface area contributed by atoms with E-state index in [4.69, 9.17) is 0 Å². The second-order valence-corrected chi connectivity index (χ2v) is 6.62. The summed E-state index contributed by atoms with van der Waals surface area (Å²) in [5.74, 6) is -0.00604. The smallest absolute Gasteiger partial charge is 0.159 e. The normalized spacial score (nSPS) is 21.8. The Morgan fingerprint density at radius 3 is 2.09 bits per heavy atom. The first-order valence-corrected chi connectivity index (χ1v) is 8.14. The molecule has 0 unspecified atom stereocenters. The van der Waals surface area contributed by atoms with Crippen molar-refractivity contribution >= 4 is 0 Å². The maximum atomic E-state index is 13.2. The minimum Gasteiger partial charge on any atom is -0.204 e. The molecule has 2 aromatic rings. The van der Waals surface area contributed by atoms with Crippen molar-refractivity contribution in [3.63, 3.8) is 0 Å². The van der Waals surface area contributed by atoms with Gasteiger partial charge in [0, 0.05) is 0 Å². The molecule has 1 saturated carbocycles. The van der Waals surface area contributed by atoms with Crippen LogP contribution in [0, 0.1) is 17.6 Å². The van der Waals surface area contributed by atoms with E-state index in [1.807, 2.05) is 0 Å². The van der Waals surface area contributed by atoms with Crippen LogP contribution in [0.2, 0.25) is 0 Å². The monoisotopic (exact) mass is 300 g/mol. The topological polar surface area (TPSA) is 0 Å². The van der Waals surface area contributed by atoms with Gasteiger partial charge in [0.05, 0.1) is 0 Å². The van der Waals surface area contributed by atoms with Gasteiger partial charge in [-0.05, 0) is 59.9 Å². The Morgan fingerprint density at radius 1 is 0.818 bits per heavy atom. The van der Waals surface area contributed by atoms with Gasteiger partial charge in [0.1, 0.15) is 0 Å². The van der Waals surface area contributed by atoms with Crippen molar-refractivity contribution < 1.29 is 8.78 Å². The van der Waals surface area contributed by atoms with Crippen molar-refractivity contribution in [1.29, 1.82) is 0 Å². The second kappa shape index (κ2) is 6.60. The third-order valence-electron chi connectivity index (χ3n) is 4.86. The molecular formula is C20H22F2. The lowest BCUT2D eigenvalue weighted by Gasteiger charge is -2.26. The minimum atomic E-state index is -0.786. The number of hydrogen-bond donors (Lipinski definition) is 0. The van der Waals surface area contributed by atoms with Gasteiger partial charge in [0.2, 0.25) is 0 Å². The Hall–Kier alpha value is -1.70. The summed E-state index contributed by atoms with van der Waals surface area (Å²) in [4.78, 5) is 0. The number of hydrogen-bond acceptors (Lipinski definition) is 0. The van der Waals surface area contributed by atoms with Crippen molar-refractivity contribution in [1.82, 2.24) is 0 Å². The van der Waals surface area contributed by atoms with Gasteiger partial charge in [-0.25, -0.2) is 8.78 Å². The molecule has 0 saturated heterocycles. The van der Waals surface area contributed by atoms with Crippen LogP contribution in [0.15, 0.2) is 42.5 Å². The van der Waals surface area contributed by atoms with Crippen molar-refractivity contribution in [3.8, 4) is 0 Å². The molecule has 22 heavy (non-hydrogen) atoms. The molecule has 116 valence electrons. The highest BCUT2D eigenvalue weighted by Crippen LogP contribution is 2.35. The van der Waals surface area contributed by atoms with E-state index in [1.54, 1.807) is 6.07 Å². The van der Waals surface area contributed by atoms with E-state index >= 15 is 0 Å². The summed E-state index contributed by atoms with van der Waals surface area (Å²) in [6, 6.07) is 12.8. The molecule has 0 N–H and O–H groups in total. The third kappa shape index (κ3) is 3.55. The Kier molecular flexibility index (Phi) is 4.56. The highest BCUT2D eigenvalue weighted by Gasteiger charge is 2.19. The van der Waals surface area contributed by atoms with E-state index in [1.165, 1.54) is 43.4 Å². The van der Waals surface area contributed by atoms with Crippen LogP contribution < -0.4 is 0 Å². The van der Waals surface area contributed by atoms with E-state index in [0.29, 0.717) is 12.3 Å². The Morgan fingerprint density at radius 2 is 1.45 bits per heavy atom. The minimum absolute atomic E-state index is 0.638. The van der Waals surface area contributed by atoms with Crippen molar-refractivity contribution in [2.75, 3.05) is 0 Å². The van der Waals surface area contributed by atoms with Crippen LogP contribution in [0.4, 0.5) is 8.78 Å². The standard InChI is InChI=1S/C20H22F2/c1-14-2-7-17(8-3-14)18-9-4-15(5-10-18)12-16-6-11-19(21)20(22)13-16/h4-6,9-11,13-14,17H,2-3,7-8,12H2,1H3. The molecule has 0 nitrogen and oxygen atoms in total. The van der Waals surface area contributed by atoms with Crippen molar-refractivity contribution in [2.24, 2.45) is 5.92 Å². The molecule has 2 aromatic carbocycles. The molecule has 0 aromatic heterocycles. The molecule has 0 bridgehead atoms. The van der Waals surface area contributed by atoms with Gasteiger partial charge in [-0.15, -0.1) is 0 Å². The average Bonchev–Trinajstić information content (AvgIpc) is 2.53. The fourth-order valence-corrected chi connectivity index (χ4v) is 3.39. The van der Waals surface area contributed by atoms with Gasteiger partial charge < -0.3 is 0 Å². The van der Waals surface area contributed by atoms with E-state index in [9.17, 15) is 8.78 Å². The van der Waals surface area contributed by atoms with Crippen LogP contribution in [-0.2, 0) is 6.42 Å². The maximum Gasteiger partial charge on any atom is 0.159 e. The molecule has 1 fully saturated rings. The molecular weight excluding hydrogens is 278 g/mol. The maximum absolute atomic E-state index is 13.2. The fraction of sp³-hybridized carbons (Fsp3) is 0.400. The van der Waals surface area contributed by atoms with E-state index in [-0.39, 0.29) is 0 Å². The molecule has 0 amide bonds. The number of benzene rings is 2. The molecule has 0 radical (unpaired) electrons. The SMILES string of the molecule is CC1CCC(c2ccc(Cc3ccc(F)c(F)c3)cc2)CC1. The summed E-state index contributed by atoms with van der Waals surface area (Å²) in [7, 11) is 0. The lowest BCUT2D eigenvalue weighted by Crippen LogP contribution is -2.10. The van der Waals surface area contributed by atoms with Gasteiger partial charge in [-0.2, -0.15) is 0 Å². The first kappa shape index (κ1) is 15.2. The quantitative estimate of drug-likeness (QED) is 0.667. The number of rotatable bonds is 3. The first-order valence-electron chi connectivity index (χ1n) is 8.14. The third-order valence-corrected chi connectivity index (χ3v) is 4.86. The largest absolute Gasteiger partial charge is 0.204 e. The summed E-state index contributed by atoms with van der Waals surface area (Å²) < 4.78 is 26.2. The van der Waals surface area contributed by atoms with Gasteiger partial charge >= 0.3 is 0 Å². The molecule has 0 spiro atoms. The molecule has 0 aliphatic heterocycles. The molecule has 1 aliphatic carbocycles. The Bertz CT molecular complexity index is 623. The van der Waals surface area contributed by atoms with Crippen molar-refractivity contribution in [2.45, 2.75) is 44.9 Å². The van der Waals surface area contributed by atoms with Crippen LogP contribution in [0.3, 0.4) is 0 Å². The molecule has 3 rings (SSSR count). The number of halogens is 2. The van der Waals surface area contributed by atoms with Gasteiger partial charge in [0.15, 0.2) is 11.6 Å². The summed E-state index contributed by atoms with van der Waals surface area (Å²) in [5.41, 5.74) is 3.36. The molecule has 0 heterocycles. The highest BCUT2D eigenvalue weighted by molar-refractivity contribution is 5.30. The zero-order valence-electron chi connectivity index (χ0n) is 13.0. The summed E-state index contributed by atoms with van der Waals surface area (Å²) in [5, 5.41) is 0.